The van der Waals surface area contributed by atoms with Crippen LogP contribution in [0.4, 0.5) is 10.1 Å². The standard InChI is InChI=1S/C11H11FN2S/c12-8-3-4-11-10(6-8)14-9(7-15-11)2-1-5-13/h3-4,6,9,14H,1-2,7H2. The molecule has 0 fully saturated rings. The van der Waals surface area contributed by atoms with Crippen LogP contribution in [0.25, 0.3) is 0 Å². The molecule has 1 unspecified atom stereocenters. The van der Waals surface area contributed by atoms with Crippen LogP contribution in [0, 0.1) is 17.1 Å². The number of benzene rings is 1. The van der Waals surface area contributed by atoms with Crippen LogP contribution in [0.15, 0.2) is 23.1 Å². The Labute approximate surface area is 92.5 Å². The van der Waals surface area contributed by atoms with E-state index in [1.54, 1.807) is 17.8 Å². The first-order valence-electron chi connectivity index (χ1n) is 4.85. The van der Waals surface area contributed by atoms with Gasteiger partial charge in [0.2, 0.25) is 0 Å². The predicted molar refractivity (Wildman–Crippen MR) is 59.4 cm³/mol. The highest BCUT2D eigenvalue weighted by molar-refractivity contribution is 7.99. The number of nitrogens with zero attached hydrogens (tertiary/aromatic N) is 1. The summed E-state index contributed by atoms with van der Waals surface area (Å²) in [6.07, 6.45) is 1.36. The number of rotatable bonds is 2. The Bertz CT molecular complexity index is 400. The van der Waals surface area contributed by atoms with Crippen molar-refractivity contribution in [1.29, 1.82) is 5.26 Å². The monoisotopic (exact) mass is 222 g/mol. The first-order valence-corrected chi connectivity index (χ1v) is 5.84. The summed E-state index contributed by atoms with van der Waals surface area (Å²) in [6.45, 7) is 0. The van der Waals surface area contributed by atoms with Gasteiger partial charge < -0.3 is 5.32 Å². The van der Waals surface area contributed by atoms with Crippen molar-refractivity contribution in [3.8, 4) is 6.07 Å². The third-order valence-corrected chi connectivity index (χ3v) is 3.58. The van der Waals surface area contributed by atoms with Crippen molar-refractivity contribution in [2.24, 2.45) is 0 Å². The smallest absolute Gasteiger partial charge is 0.125 e. The van der Waals surface area contributed by atoms with Crippen LogP contribution in [0.3, 0.4) is 0 Å². The zero-order chi connectivity index (χ0) is 10.7. The molecule has 1 aliphatic rings. The van der Waals surface area contributed by atoms with Gasteiger partial charge in [-0.05, 0) is 24.6 Å². The Balaban J connectivity index is 2.09. The molecule has 78 valence electrons. The van der Waals surface area contributed by atoms with Crippen LogP contribution in [0.2, 0.25) is 0 Å². The molecule has 0 aliphatic carbocycles. The highest BCUT2D eigenvalue weighted by Gasteiger charge is 2.17. The summed E-state index contributed by atoms with van der Waals surface area (Å²) in [5.41, 5.74) is 0.856. The van der Waals surface area contributed by atoms with Gasteiger partial charge in [-0.2, -0.15) is 5.26 Å². The van der Waals surface area contributed by atoms with Crippen molar-refractivity contribution >= 4 is 17.4 Å². The summed E-state index contributed by atoms with van der Waals surface area (Å²) < 4.78 is 13.0. The van der Waals surface area contributed by atoms with Gasteiger partial charge in [0, 0.05) is 23.1 Å². The summed E-state index contributed by atoms with van der Waals surface area (Å²) in [4.78, 5) is 1.09. The summed E-state index contributed by atoms with van der Waals surface area (Å²) in [5.74, 6) is 0.725. The van der Waals surface area contributed by atoms with Crippen molar-refractivity contribution in [2.75, 3.05) is 11.1 Å². The van der Waals surface area contributed by atoms with Crippen molar-refractivity contribution in [3.63, 3.8) is 0 Å². The van der Waals surface area contributed by atoms with E-state index in [1.165, 1.54) is 12.1 Å². The number of anilines is 1. The Hall–Kier alpha value is -1.21. The van der Waals surface area contributed by atoms with E-state index in [0.717, 1.165) is 22.8 Å². The maximum atomic E-state index is 13.0. The molecule has 0 bridgehead atoms. The second-order valence-electron chi connectivity index (χ2n) is 3.49. The summed E-state index contributed by atoms with van der Waals surface area (Å²) in [7, 11) is 0. The zero-order valence-corrected chi connectivity index (χ0v) is 8.98. The molecule has 0 saturated heterocycles. The van der Waals surface area contributed by atoms with Crippen LogP contribution in [0.5, 0.6) is 0 Å². The normalized spacial score (nSPS) is 18.8. The lowest BCUT2D eigenvalue weighted by Crippen LogP contribution is -2.25. The van der Waals surface area contributed by atoms with Gasteiger partial charge in [-0.3, -0.25) is 0 Å². The highest BCUT2D eigenvalue weighted by atomic mass is 32.2. The van der Waals surface area contributed by atoms with E-state index < -0.39 is 0 Å². The quantitative estimate of drug-likeness (QED) is 0.835. The molecule has 1 aliphatic heterocycles. The fraction of sp³-hybridized carbons (Fsp3) is 0.364. The first kappa shape index (κ1) is 10.3. The topological polar surface area (TPSA) is 35.8 Å². The maximum Gasteiger partial charge on any atom is 0.125 e. The molecule has 1 aromatic rings. The van der Waals surface area contributed by atoms with E-state index in [-0.39, 0.29) is 11.9 Å². The molecule has 15 heavy (non-hydrogen) atoms. The van der Waals surface area contributed by atoms with E-state index in [1.807, 2.05) is 0 Å². The third-order valence-electron chi connectivity index (χ3n) is 2.35. The molecular weight excluding hydrogens is 211 g/mol. The Morgan fingerprint density at radius 3 is 3.27 bits per heavy atom. The minimum Gasteiger partial charge on any atom is -0.380 e. The van der Waals surface area contributed by atoms with Gasteiger partial charge in [-0.25, -0.2) is 4.39 Å². The Kier molecular flexibility index (Phi) is 3.12. The molecular formula is C11H11FN2S. The Morgan fingerprint density at radius 1 is 1.60 bits per heavy atom. The average Bonchev–Trinajstić information content (AvgIpc) is 2.25. The third kappa shape index (κ3) is 2.42. The minimum atomic E-state index is -0.220. The van der Waals surface area contributed by atoms with E-state index in [2.05, 4.69) is 11.4 Å². The number of nitriles is 1. The van der Waals surface area contributed by atoms with Gasteiger partial charge in [0.15, 0.2) is 0 Å². The van der Waals surface area contributed by atoms with Crippen LogP contribution >= 0.6 is 11.8 Å². The molecule has 1 N–H and O–H groups in total. The number of hydrogen-bond acceptors (Lipinski definition) is 3. The van der Waals surface area contributed by atoms with Gasteiger partial charge in [0.25, 0.3) is 0 Å². The minimum absolute atomic E-state index is 0.220. The molecule has 0 saturated carbocycles. The fourth-order valence-electron chi connectivity index (χ4n) is 1.59. The molecule has 2 nitrogen and oxygen atoms in total. The molecule has 1 atom stereocenters. The number of hydrogen-bond donors (Lipinski definition) is 1. The molecule has 1 aromatic carbocycles. The number of halogens is 1. The largest absolute Gasteiger partial charge is 0.380 e. The molecule has 0 aromatic heterocycles. The molecule has 2 rings (SSSR count). The Morgan fingerprint density at radius 2 is 2.47 bits per heavy atom. The number of fused-ring (bicyclic) bond motifs is 1. The number of nitrogens with one attached hydrogen (secondary N) is 1. The van der Waals surface area contributed by atoms with Gasteiger partial charge in [-0.1, -0.05) is 0 Å². The van der Waals surface area contributed by atoms with Gasteiger partial charge >= 0.3 is 0 Å². The van der Waals surface area contributed by atoms with Gasteiger partial charge in [0.05, 0.1) is 11.8 Å². The van der Waals surface area contributed by atoms with Crippen LogP contribution in [-0.2, 0) is 0 Å². The van der Waals surface area contributed by atoms with Crippen LogP contribution in [0.1, 0.15) is 12.8 Å². The van der Waals surface area contributed by atoms with Crippen molar-refractivity contribution in [3.05, 3.63) is 24.0 Å². The SMILES string of the molecule is N#CCCC1CSc2ccc(F)cc2N1. The molecule has 0 amide bonds. The fourth-order valence-corrected chi connectivity index (χ4v) is 2.66. The lowest BCUT2D eigenvalue weighted by Gasteiger charge is -2.25. The van der Waals surface area contributed by atoms with E-state index in [9.17, 15) is 4.39 Å². The van der Waals surface area contributed by atoms with E-state index >= 15 is 0 Å². The summed E-state index contributed by atoms with van der Waals surface area (Å²) in [6, 6.07) is 7.19. The highest BCUT2D eigenvalue weighted by Crippen LogP contribution is 2.34. The van der Waals surface area contributed by atoms with Crippen LogP contribution in [-0.4, -0.2) is 11.8 Å². The molecule has 0 spiro atoms. The van der Waals surface area contributed by atoms with Gasteiger partial charge in [0.1, 0.15) is 5.82 Å². The van der Waals surface area contributed by atoms with Crippen molar-refractivity contribution < 1.29 is 4.39 Å². The van der Waals surface area contributed by atoms with E-state index in [0.29, 0.717) is 6.42 Å². The summed E-state index contributed by atoms with van der Waals surface area (Å²) in [5, 5.41) is 11.8. The second-order valence-corrected chi connectivity index (χ2v) is 4.55. The predicted octanol–water partition coefficient (Wildman–Crippen LogP) is 3.02. The second kappa shape index (κ2) is 4.54. The average molecular weight is 222 g/mol. The lowest BCUT2D eigenvalue weighted by atomic mass is 10.1. The molecule has 1 heterocycles. The molecule has 4 heteroatoms. The van der Waals surface area contributed by atoms with E-state index in [4.69, 9.17) is 5.26 Å². The molecule has 0 radical (unpaired) electrons. The van der Waals surface area contributed by atoms with Crippen molar-refractivity contribution in [1.82, 2.24) is 0 Å². The summed E-state index contributed by atoms with van der Waals surface area (Å²) >= 11 is 1.72. The number of thioether (sulfide) groups is 1. The van der Waals surface area contributed by atoms with Crippen LogP contribution < -0.4 is 5.32 Å². The first-order chi connectivity index (χ1) is 7.29. The van der Waals surface area contributed by atoms with Gasteiger partial charge in [-0.15, -0.1) is 11.8 Å². The lowest BCUT2D eigenvalue weighted by molar-refractivity contribution is 0.625. The maximum absolute atomic E-state index is 13.0. The van der Waals surface area contributed by atoms with Crippen molar-refractivity contribution in [2.45, 2.75) is 23.8 Å². The zero-order valence-electron chi connectivity index (χ0n) is 8.16.